The van der Waals surface area contributed by atoms with Crippen LogP contribution >= 0.6 is 0 Å². The number of aromatic nitrogens is 3. The van der Waals surface area contributed by atoms with E-state index in [-0.39, 0.29) is 6.61 Å². The number of fused-ring (bicyclic) bond motifs is 1. The topological polar surface area (TPSA) is 84.2 Å². The van der Waals surface area contributed by atoms with Gasteiger partial charge in [-0.05, 0) is 23.8 Å². The number of aliphatic hydroxyl groups is 1. The summed E-state index contributed by atoms with van der Waals surface area (Å²) >= 11 is 0. The molecule has 1 aliphatic rings. The van der Waals surface area contributed by atoms with Gasteiger partial charge < -0.3 is 19.9 Å². The molecule has 0 aliphatic carbocycles. The van der Waals surface area contributed by atoms with Gasteiger partial charge in [0.15, 0.2) is 0 Å². The molecule has 0 saturated carbocycles. The smallest absolute Gasteiger partial charge is 0.233 e. The van der Waals surface area contributed by atoms with Gasteiger partial charge in [0, 0.05) is 57.7 Å². The van der Waals surface area contributed by atoms with E-state index in [1.165, 1.54) is 0 Å². The number of nitrogens with zero attached hydrogens (tertiary/aromatic N) is 4. The van der Waals surface area contributed by atoms with Crippen molar-refractivity contribution in [2.24, 2.45) is 0 Å². The van der Waals surface area contributed by atoms with E-state index in [1.807, 2.05) is 41.1 Å². The molecule has 2 aromatic heterocycles. The predicted molar refractivity (Wildman–Crippen MR) is 114 cm³/mol. The lowest BCUT2D eigenvalue weighted by Crippen LogP contribution is -2.42. The summed E-state index contributed by atoms with van der Waals surface area (Å²) in [7, 11) is 0. The predicted octanol–water partition coefficient (Wildman–Crippen LogP) is 1.13. The molecule has 0 spiro atoms. The number of imidazole rings is 1. The third-order valence-electron chi connectivity index (χ3n) is 5.09. The van der Waals surface area contributed by atoms with Crippen molar-refractivity contribution in [1.29, 1.82) is 0 Å². The molecule has 4 rings (SSSR count). The van der Waals surface area contributed by atoms with E-state index in [1.54, 1.807) is 6.20 Å². The molecule has 0 unspecified atom stereocenters. The summed E-state index contributed by atoms with van der Waals surface area (Å²) in [4.78, 5) is 11.0. The number of rotatable bonds is 10. The molecule has 3 aromatic rings. The average Bonchev–Trinajstić information content (AvgIpc) is 3.19. The van der Waals surface area contributed by atoms with Crippen LogP contribution in [0.15, 0.2) is 48.9 Å². The fourth-order valence-electron chi connectivity index (χ4n) is 3.52. The lowest BCUT2D eigenvalue weighted by molar-refractivity contribution is 0.00465. The Kier molecular flexibility index (Phi) is 7.25. The van der Waals surface area contributed by atoms with Crippen LogP contribution < -0.4 is 10.1 Å². The summed E-state index contributed by atoms with van der Waals surface area (Å²) in [6, 6.07) is 9.89. The number of nitrogens with one attached hydrogen (secondary N) is 1. The molecule has 1 saturated heterocycles. The van der Waals surface area contributed by atoms with E-state index in [0.717, 1.165) is 68.6 Å². The monoisotopic (exact) mass is 411 g/mol. The summed E-state index contributed by atoms with van der Waals surface area (Å²) in [5.74, 6) is 1.51. The molecule has 1 atom stereocenters. The molecule has 160 valence electrons. The van der Waals surface area contributed by atoms with Crippen LogP contribution in [0.25, 0.3) is 5.78 Å². The molecule has 0 radical (unpaired) electrons. The largest absolute Gasteiger partial charge is 0.491 e. The number of hydrogen-bond acceptors (Lipinski definition) is 7. The van der Waals surface area contributed by atoms with Gasteiger partial charge in [-0.15, -0.1) is 0 Å². The third-order valence-corrected chi connectivity index (χ3v) is 5.09. The molecule has 0 bridgehead atoms. The maximum atomic E-state index is 10.2. The zero-order valence-corrected chi connectivity index (χ0v) is 17.1. The Labute approximate surface area is 176 Å². The van der Waals surface area contributed by atoms with Crippen molar-refractivity contribution >= 4 is 5.78 Å². The Morgan fingerprint density at radius 2 is 2.13 bits per heavy atom. The first kappa shape index (κ1) is 20.7. The lowest BCUT2D eigenvalue weighted by atomic mass is 10.2. The standard InChI is InChI=1S/C22H29N5O3/c28-20(16-26-9-11-29-12-10-26)17-30-21-4-1-3-18(13-21)14-23-7-5-19-15-27-8-2-6-24-22(27)25-19/h1-4,6,8,13,15,20,23,28H,5,7,9-12,14,16-17H2/t20-/m0/s1. The molecule has 0 amide bonds. The van der Waals surface area contributed by atoms with Crippen LogP contribution in [0.1, 0.15) is 11.3 Å². The van der Waals surface area contributed by atoms with E-state index in [4.69, 9.17) is 9.47 Å². The SMILES string of the molecule is O[C@H](COc1cccc(CNCCc2cn3cccnc3n2)c1)CN1CCOCC1. The van der Waals surface area contributed by atoms with Crippen LogP contribution in [-0.4, -0.2) is 76.5 Å². The molecule has 8 heteroatoms. The van der Waals surface area contributed by atoms with Crippen LogP contribution in [0.5, 0.6) is 5.75 Å². The lowest BCUT2D eigenvalue weighted by Gasteiger charge is -2.28. The third kappa shape index (κ3) is 5.99. The van der Waals surface area contributed by atoms with Crippen molar-refractivity contribution in [3.8, 4) is 5.75 Å². The minimum absolute atomic E-state index is 0.288. The normalized spacial score (nSPS) is 16.0. The van der Waals surface area contributed by atoms with Gasteiger partial charge in [-0.25, -0.2) is 9.97 Å². The number of morpholine rings is 1. The second-order valence-electron chi connectivity index (χ2n) is 7.51. The van der Waals surface area contributed by atoms with Gasteiger partial charge in [0.1, 0.15) is 18.5 Å². The molecule has 30 heavy (non-hydrogen) atoms. The number of aliphatic hydroxyl groups excluding tert-OH is 1. The van der Waals surface area contributed by atoms with Gasteiger partial charge in [0.05, 0.1) is 18.9 Å². The van der Waals surface area contributed by atoms with E-state index in [2.05, 4.69) is 26.3 Å². The second-order valence-corrected chi connectivity index (χ2v) is 7.51. The minimum atomic E-state index is -0.509. The highest BCUT2D eigenvalue weighted by Gasteiger charge is 2.15. The van der Waals surface area contributed by atoms with Crippen LogP contribution in [0.4, 0.5) is 0 Å². The molecular weight excluding hydrogens is 382 g/mol. The van der Waals surface area contributed by atoms with Crippen molar-refractivity contribution in [2.75, 3.05) is 46.0 Å². The summed E-state index contributed by atoms with van der Waals surface area (Å²) in [5, 5.41) is 13.7. The molecule has 3 heterocycles. The minimum Gasteiger partial charge on any atom is -0.491 e. The Balaban J connectivity index is 1.18. The second kappa shape index (κ2) is 10.5. The summed E-state index contributed by atoms with van der Waals surface area (Å²) < 4.78 is 13.1. The number of hydrogen-bond donors (Lipinski definition) is 2. The molecule has 2 N–H and O–H groups in total. The van der Waals surface area contributed by atoms with Crippen LogP contribution in [0, 0.1) is 0 Å². The fourth-order valence-corrected chi connectivity index (χ4v) is 3.52. The summed E-state index contributed by atoms with van der Waals surface area (Å²) in [6.07, 6.45) is 6.05. The van der Waals surface area contributed by atoms with Gasteiger partial charge in [-0.3, -0.25) is 9.30 Å². The molecule has 1 aliphatic heterocycles. The highest BCUT2D eigenvalue weighted by Crippen LogP contribution is 2.14. The van der Waals surface area contributed by atoms with Crippen molar-refractivity contribution in [3.05, 3.63) is 60.2 Å². The highest BCUT2D eigenvalue weighted by atomic mass is 16.5. The van der Waals surface area contributed by atoms with Gasteiger partial charge in [0.2, 0.25) is 5.78 Å². The first-order valence-corrected chi connectivity index (χ1v) is 10.5. The molecular formula is C22H29N5O3. The van der Waals surface area contributed by atoms with Crippen LogP contribution in [-0.2, 0) is 17.7 Å². The van der Waals surface area contributed by atoms with Gasteiger partial charge in [-0.2, -0.15) is 0 Å². The van der Waals surface area contributed by atoms with E-state index in [0.29, 0.717) is 6.54 Å². The highest BCUT2D eigenvalue weighted by molar-refractivity contribution is 5.30. The maximum absolute atomic E-state index is 10.2. The van der Waals surface area contributed by atoms with Gasteiger partial charge in [-0.1, -0.05) is 12.1 Å². The Bertz CT molecular complexity index is 893. The number of ether oxygens (including phenoxy) is 2. The zero-order chi connectivity index (χ0) is 20.6. The zero-order valence-electron chi connectivity index (χ0n) is 17.1. The average molecular weight is 412 g/mol. The summed E-state index contributed by atoms with van der Waals surface area (Å²) in [5.41, 5.74) is 2.17. The Morgan fingerprint density at radius 1 is 1.23 bits per heavy atom. The molecule has 8 nitrogen and oxygen atoms in total. The fraction of sp³-hybridized carbons (Fsp3) is 0.455. The number of β-amino-alcohol motifs (C(OH)–C–C–N with tert-alkyl or cyclic N) is 1. The first-order valence-electron chi connectivity index (χ1n) is 10.5. The van der Waals surface area contributed by atoms with Gasteiger partial charge in [0.25, 0.3) is 0 Å². The Hall–Kier alpha value is -2.52. The quantitative estimate of drug-likeness (QED) is 0.484. The van der Waals surface area contributed by atoms with E-state index >= 15 is 0 Å². The number of benzene rings is 1. The van der Waals surface area contributed by atoms with Crippen molar-refractivity contribution in [1.82, 2.24) is 24.6 Å². The summed E-state index contributed by atoms with van der Waals surface area (Å²) in [6.45, 7) is 5.67. The molecule has 1 fully saturated rings. The van der Waals surface area contributed by atoms with Gasteiger partial charge >= 0.3 is 0 Å². The maximum Gasteiger partial charge on any atom is 0.233 e. The Morgan fingerprint density at radius 3 is 3.00 bits per heavy atom. The van der Waals surface area contributed by atoms with Crippen molar-refractivity contribution < 1.29 is 14.6 Å². The first-order chi connectivity index (χ1) is 14.8. The van der Waals surface area contributed by atoms with Crippen molar-refractivity contribution in [3.63, 3.8) is 0 Å². The van der Waals surface area contributed by atoms with E-state index < -0.39 is 6.10 Å². The van der Waals surface area contributed by atoms with Crippen LogP contribution in [0.3, 0.4) is 0 Å². The molecule has 1 aromatic carbocycles. The van der Waals surface area contributed by atoms with Crippen LogP contribution in [0.2, 0.25) is 0 Å². The van der Waals surface area contributed by atoms with Crippen molar-refractivity contribution in [2.45, 2.75) is 19.1 Å². The van der Waals surface area contributed by atoms with E-state index in [9.17, 15) is 5.11 Å².